The molecule has 0 heterocycles. The van der Waals surface area contributed by atoms with Gasteiger partial charge < -0.3 is 11.1 Å². The maximum Gasteiger partial charge on any atom is 0.104 e. The maximum absolute atomic E-state index is 6.19. The van der Waals surface area contributed by atoms with Crippen molar-refractivity contribution < 1.29 is 0 Å². The lowest BCUT2D eigenvalue weighted by Gasteiger charge is -2.10. The molecule has 0 atom stereocenters. The van der Waals surface area contributed by atoms with Crippen molar-refractivity contribution in [3.05, 3.63) is 58.6 Å². The Morgan fingerprint density at radius 1 is 1.22 bits per heavy atom. The molecule has 92 valence electrons. The molecule has 2 rings (SSSR count). The number of rotatable bonds is 3. The van der Waals surface area contributed by atoms with Crippen molar-refractivity contribution >= 4 is 40.2 Å². The van der Waals surface area contributed by atoms with Gasteiger partial charge in [-0.3, -0.25) is 0 Å². The molecule has 2 aromatic carbocycles. The van der Waals surface area contributed by atoms with Crippen LogP contribution in [-0.4, -0.2) is 4.99 Å². The molecule has 0 unspecified atom stereocenters. The van der Waals surface area contributed by atoms with Crippen LogP contribution in [0.4, 0.5) is 11.4 Å². The lowest BCUT2D eigenvalue weighted by atomic mass is 10.2. The van der Waals surface area contributed by atoms with Crippen LogP contribution in [0.2, 0.25) is 5.02 Å². The molecule has 0 radical (unpaired) electrons. The third kappa shape index (κ3) is 3.00. The fourth-order valence-electron chi connectivity index (χ4n) is 1.65. The van der Waals surface area contributed by atoms with Crippen LogP contribution in [0.1, 0.15) is 11.1 Å². The summed E-state index contributed by atoms with van der Waals surface area (Å²) in [5, 5.41) is 3.86. The highest BCUT2D eigenvalue weighted by atomic mass is 35.5. The summed E-state index contributed by atoms with van der Waals surface area (Å²) >= 11 is 11.1. The predicted octanol–water partition coefficient (Wildman–Crippen LogP) is 4.03. The molecule has 0 saturated heterocycles. The summed E-state index contributed by atoms with van der Waals surface area (Å²) in [5.41, 5.74) is 9.35. The Labute approximate surface area is 117 Å². The third-order valence-corrected chi connectivity index (χ3v) is 3.10. The molecule has 0 fully saturated rings. The quantitative estimate of drug-likeness (QED) is 0.832. The van der Waals surface area contributed by atoms with Crippen molar-refractivity contribution in [3.63, 3.8) is 0 Å². The molecule has 18 heavy (non-hydrogen) atoms. The topological polar surface area (TPSA) is 38.0 Å². The standard InChI is InChI=1S/C14H13ClN2S/c1-9-3-2-4-11(7-9)17-13-6-5-10(14(16)18)8-12(13)15/h2-8,17H,1H3,(H2,16,18). The highest BCUT2D eigenvalue weighted by molar-refractivity contribution is 7.80. The van der Waals surface area contributed by atoms with Crippen LogP contribution in [0.15, 0.2) is 42.5 Å². The highest BCUT2D eigenvalue weighted by Crippen LogP contribution is 2.26. The Morgan fingerprint density at radius 2 is 2.00 bits per heavy atom. The van der Waals surface area contributed by atoms with Crippen LogP contribution in [-0.2, 0) is 0 Å². The second-order valence-corrected chi connectivity index (χ2v) is 4.90. The average molecular weight is 277 g/mol. The first-order valence-electron chi connectivity index (χ1n) is 5.49. The molecule has 0 aliphatic heterocycles. The molecule has 0 bridgehead atoms. The van der Waals surface area contributed by atoms with E-state index in [4.69, 9.17) is 29.6 Å². The number of thiocarbonyl (C=S) groups is 1. The smallest absolute Gasteiger partial charge is 0.104 e. The summed E-state index contributed by atoms with van der Waals surface area (Å²) in [7, 11) is 0. The fourth-order valence-corrected chi connectivity index (χ4v) is 2.00. The van der Waals surface area contributed by atoms with Crippen molar-refractivity contribution in [1.29, 1.82) is 0 Å². The van der Waals surface area contributed by atoms with Crippen LogP contribution >= 0.6 is 23.8 Å². The van der Waals surface area contributed by atoms with Gasteiger partial charge in [0.15, 0.2) is 0 Å². The third-order valence-electron chi connectivity index (χ3n) is 2.55. The minimum atomic E-state index is 0.346. The normalized spacial score (nSPS) is 10.1. The van der Waals surface area contributed by atoms with Crippen molar-refractivity contribution in [1.82, 2.24) is 0 Å². The van der Waals surface area contributed by atoms with Gasteiger partial charge in [-0.25, -0.2) is 0 Å². The van der Waals surface area contributed by atoms with Gasteiger partial charge in [0, 0.05) is 11.3 Å². The summed E-state index contributed by atoms with van der Waals surface area (Å²) in [5.74, 6) is 0. The van der Waals surface area contributed by atoms with E-state index in [1.54, 1.807) is 6.07 Å². The molecular weight excluding hydrogens is 264 g/mol. The summed E-state index contributed by atoms with van der Waals surface area (Å²) in [6.45, 7) is 2.04. The molecular formula is C14H13ClN2S. The number of nitrogens with two attached hydrogens (primary N) is 1. The van der Waals surface area contributed by atoms with Crippen LogP contribution < -0.4 is 11.1 Å². The van der Waals surface area contributed by atoms with Gasteiger partial charge in [-0.1, -0.05) is 36.0 Å². The van der Waals surface area contributed by atoms with E-state index in [1.807, 2.05) is 37.3 Å². The second kappa shape index (κ2) is 5.38. The molecule has 0 aliphatic rings. The number of benzene rings is 2. The second-order valence-electron chi connectivity index (χ2n) is 4.05. The van der Waals surface area contributed by atoms with E-state index < -0.39 is 0 Å². The maximum atomic E-state index is 6.19. The van der Waals surface area contributed by atoms with Gasteiger partial charge in [0.25, 0.3) is 0 Å². The van der Waals surface area contributed by atoms with E-state index in [0.717, 1.165) is 16.9 Å². The summed E-state index contributed by atoms with van der Waals surface area (Å²) in [4.78, 5) is 0.346. The first-order valence-corrected chi connectivity index (χ1v) is 6.28. The Balaban J connectivity index is 2.27. The average Bonchev–Trinajstić information content (AvgIpc) is 2.31. The van der Waals surface area contributed by atoms with Gasteiger partial charge in [0.05, 0.1) is 10.7 Å². The molecule has 0 spiro atoms. The minimum Gasteiger partial charge on any atom is -0.389 e. The van der Waals surface area contributed by atoms with E-state index in [2.05, 4.69) is 11.4 Å². The molecule has 3 N–H and O–H groups in total. The van der Waals surface area contributed by atoms with Crippen molar-refractivity contribution in [2.24, 2.45) is 5.73 Å². The Bertz CT molecular complexity index is 596. The Hall–Kier alpha value is -1.58. The largest absolute Gasteiger partial charge is 0.389 e. The number of aryl methyl sites for hydroxylation is 1. The van der Waals surface area contributed by atoms with Gasteiger partial charge in [0.2, 0.25) is 0 Å². The number of nitrogens with one attached hydrogen (secondary N) is 1. The van der Waals surface area contributed by atoms with Crippen LogP contribution in [0.25, 0.3) is 0 Å². The SMILES string of the molecule is Cc1cccc(Nc2ccc(C(N)=S)cc2Cl)c1. The minimum absolute atomic E-state index is 0.346. The lowest BCUT2D eigenvalue weighted by molar-refractivity contribution is 1.45. The van der Waals surface area contributed by atoms with Crippen LogP contribution in [0.3, 0.4) is 0 Å². The zero-order valence-corrected chi connectivity index (χ0v) is 11.5. The predicted molar refractivity (Wildman–Crippen MR) is 81.8 cm³/mol. The van der Waals surface area contributed by atoms with Gasteiger partial charge in [-0.15, -0.1) is 0 Å². The monoisotopic (exact) mass is 276 g/mol. The molecule has 2 nitrogen and oxygen atoms in total. The Kier molecular flexibility index (Phi) is 3.84. The zero-order chi connectivity index (χ0) is 13.1. The van der Waals surface area contributed by atoms with Gasteiger partial charge in [-0.2, -0.15) is 0 Å². The van der Waals surface area contributed by atoms with E-state index >= 15 is 0 Å². The number of halogens is 1. The van der Waals surface area contributed by atoms with Gasteiger partial charge in [0.1, 0.15) is 4.99 Å². The summed E-state index contributed by atoms with van der Waals surface area (Å²) in [6.07, 6.45) is 0. The molecule has 4 heteroatoms. The number of hydrogen-bond donors (Lipinski definition) is 2. The Morgan fingerprint density at radius 3 is 2.61 bits per heavy atom. The first kappa shape index (κ1) is 12.9. The number of hydrogen-bond acceptors (Lipinski definition) is 2. The van der Waals surface area contributed by atoms with Crippen molar-refractivity contribution in [2.45, 2.75) is 6.92 Å². The zero-order valence-electron chi connectivity index (χ0n) is 9.91. The molecule has 0 aliphatic carbocycles. The number of anilines is 2. The summed E-state index contributed by atoms with van der Waals surface area (Å²) < 4.78 is 0. The molecule has 0 saturated carbocycles. The summed E-state index contributed by atoms with van der Waals surface area (Å²) in [6, 6.07) is 13.6. The fraction of sp³-hybridized carbons (Fsp3) is 0.0714. The van der Waals surface area contributed by atoms with Crippen molar-refractivity contribution in [2.75, 3.05) is 5.32 Å². The van der Waals surface area contributed by atoms with E-state index in [0.29, 0.717) is 10.0 Å². The van der Waals surface area contributed by atoms with Crippen LogP contribution in [0.5, 0.6) is 0 Å². The molecule has 0 amide bonds. The molecule has 2 aromatic rings. The highest BCUT2D eigenvalue weighted by Gasteiger charge is 2.04. The van der Waals surface area contributed by atoms with E-state index in [-0.39, 0.29) is 0 Å². The van der Waals surface area contributed by atoms with Crippen LogP contribution in [0, 0.1) is 6.92 Å². The lowest BCUT2D eigenvalue weighted by Crippen LogP contribution is -2.09. The molecule has 0 aromatic heterocycles. The van der Waals surface area contributed by atoms with Gasteiger partial charge in [-0.05, 0) is 42.8 Å². The van der Waals surface area contributed by atoms with E-state index in [1.165, 1.54) is 5.56 Å². The van der Waals surface area contributed by atoms with E-state index in [9.17, 15) is 0 Å². The first-order chi connectivity index (χ1) is 8.56. The van der Waals surface area contributed by atoms with Gasteiger partial charge >= 0.3 is 0 Å². The van der Waals surface area contributed by atoms with Crippen molar-refractivity contribution in [3.8, 4) is 0 Å².